The fourth-order valence-corrected chi connectivity index (χ4v) is 4.89. The number of carbonyl (C=O) groups excluding carboxylic acids is 3. The summed E-state index contributed by atoms with van der Waals surface area (Å²) < 4.78 is 10.8. The predicted molar refractivity (Wildman–Crippen MR) is 169 cm³/mol. The number of ether oxygens (including phenoxy) is 2. The molecule has 226 valence electrons. The molecule has 11 heteroatoms. The molecule has 0 radical (unpaired) electrons. The first-order chi connectivity index (χ1) is 20.5. The number of benzene rings is 3. The number of alkyl carbamates (subject to hydrolysis) is 1. The number of hydrogen-bond acceptors (Lipinski definition) is 6. The zero-order valence-corrected chi connectivity index (χ0v) is 25.6. The van der Waals surface area contributed by atoms with Gasteiger partial charge in [0, 0.05) is 29.2 Å². The number of esters is 1. The normalized spacial score (nSPS) is 11.9. The van der Waals surface area contributed by atoms with E-state index in [-0.39, 0.29) is 26.0 Å². The van der Waals surface area contributed by atoms with Crippen molar-refractivity contribution in [3.63, 3.8) is 0 Å². The molecule has 1 heterocycles. The molecule has 3 aromatic carbocycles. The fraction of sp³-hybridized carbons (Fsp3) is 0.281. The number of nitrogens with one attached hydrogen (secondary N) is 4. The van der Waals surface area contributed by atoms with E-state index in [2.05, 4.69) is 20.9 Å². The summed E-state index contributed by atoms with van der Waals surface area (Å²) in [5.74, 6) is -0.908. The molecule has 0 bridgehead atoms. The minimum absolute atomic E-state index is 0.0113. The van der Waals surface area contributed by atoms with E-state index in [0.29, 0.717) is 27.0 Å². The van der Waals surface area contributed by atoms with E-state index >= 15 is 0 Å². The summed E-state index contributed by atoms with van der Waals surface area (Å²) in [5, 5.41) is 10.5. The number of aromatic amines is 1. The molecule has 0 saturated heterocycles. The van der Waals surface area contributed by atoms with Crippen LogP contribution < -0.4 is 16.0 Å². The quantitative estimate of drug-likeness (QED) is 0.111. The minimum atomic E-state index is -0.917. The number of H-pyrrole nitrogens is 1. The molecular formula is C32H34Cl2N4O5. The number of aromatic nitrogens is 1. The van der Waals surface area contributed by atoms with Gasteiger partial charge in [0.15, 0.2) is 0 Å². The third kappa shape index (κ3) is 9.14. The highest BCUT2D eigenvalue weighted by Crippen LogP contribution is 2.33. The van der Waals surface area contributed by atoms with Crippen LogP contribution in [0.4, 0.5) is 16.2 Å². The van der Waals surface area contributed by atoms with E-state index < -0.39 is 29.6 Å². The van der Waals surface area contributed by atoms with Crippen molar-refractivity contribution in [2.24, 2.45) is 0 Å². The summed E-state index contributed by atoms with van der Waals surface area (Å²) in [5.41, 5.74) is 2.95. The molecule has 1 atom stereocenters. The van der Waals surface area contributed by atoms with Crippen molar-refractivity contribution in [3.8, 4) is 0 Å². The van der Waals surface area contributed by atoms with Crippen LogP contribution in [0.3, 0.4) is 0 Å². The Bertz CT molecular complexity index is 1580. The lowest BCUT2D eigenvalue weighted by Crippen LogP contribution is -2.49. The average Bonchev–Trinajstić information content (AvgIpc) is 3.35. The molecule has 4 rings (SSSR count). The molecule has 2 amide bonds. The van der Waals surface area contributed by atoms with Crippen LogP contribution in [0, 0.1) is 0 Å². The Morgan fingerprint density at radius 3 is 2.35 bits per heavy atom. The van der Waals surface area contributed by atoms with Gasteiger partial charge in [-0.05, 0) is 56.2 Å². The summed E-state index contributed by atoms with van der Waals surface area (Å²) in [4.78, 5) is 41.5. The second-order valence-corrected chi connectivity index (χ2v) is 11.6. The summed E-state index contributed by atoms with van der Waals surface area (Å²) in [6.45, 7) is 5.24. The predicted octanol–water partition coefficient (Wildman–Crippen LogP) is 6.56. The molecule has 0 aliphatic carbocycles. The number of hydrogen-bond donors (Lipinski definition) is 4. The zero-order chi connectivity index (χ0) is 31.0. The van der Waals surface area contributed by atoms with Crippen LogP contribution in [0.15, 0.2) is 72.9 Å². The summed E-state index contributed by atoms with van der Waals surface area (Å²) in [7, 11) is 0. The van der Waals surface area contributed by atoms with Gasteiger partial charge < -0.3 is 30.4 Å². The number of anilines is 2. The van der Waals surface area contributed by atoms with Gasteiger partial charge >= 0.3 is 12.1 Å². The van der Waals surface area contributed by atoms with Crippen molar-refractivity contribution in [3.05, 3.63) is 94.1 Å². The number of para-hydroxylation sites is 3. The lowest BCUT2D eigenvalue weighted by molar-refractivity contribution is -0.143. The van der Waals surface area contributed by atoms with Gasteiger partial charge in [-0.2, -0.15) is 0 Å². The maximum atomic E-state index is 13.2. The molecule has 0 saturated carbocycles. The second-order valence-electron chi connectivity index (χ2n) is 10.8. The van der Waals surface area contributed by atoms with E-state index in [1.165, 1.54) is 0 Å². The van der Waals surface area contributed by atoms with Crippen LogP contribution in [0.1, 0.15) is 31.9 Å². The summed E-state index contributed by atoms with van der Waals surface area (Å²) >= 11 is 12.6. The third-order valence-electron chi connectivity index (χ3n) is 6.35. The van der Waals surface area contributed by atoms with Gasteiger partial charge in [0.1, 0.15) is 18.2 Å². The number of halogens is 2. The van der Waals surface area contributed by atoms with Crippen LogP contribution in [0.5, 0.6) is 0 Å². The first kappa shape index (κ1) is 31.7. The van der Waals surface area contributed by atoms with E-state index in [1.54, 1.807) is 45.0 Å². The first-order valence-corrected chi connectivity index (χ1v) is 14.5. The van der Waals surface area contributed by atoms with Crippen molar-refractivity contribution >= 4 is 63.4 Å². The van der Waals surface area contributed by atoms with Crippen LogP contribution in [-0.4, -0.2) is 47.7 Å². The van der Waals surface area contributed by atoms with Gasteiger partial charge in [-0.1, -0.05) is 65.7 Å². The maximum Gasteiger partial charge on any atom is 0.408 e. The average molecular weight is 626 g/mol. The monoisotopic (exact) mass is 624 g/mol. The van der Waals surface area contributed by atoms with E-state index in [4.69, 9.17) is 32.7 Å². The zero-order valence-electron chi connectivity index (χ0n) is 24.1. The highest BCUT2D eigenvalue weighted by Gasteiger charge is 2.25. The maximum absolute atomic E-state index is 13.2. The Labute approximate surface area is 260 Å². The SMILES string of the molecule is CC(C)(C)OC(=O)N[C@@H](Cc1c[nH]c2ccccc12)C(=O)NCCOC(=O)Cc1ccccc1Nc1c(Cl)cccc1Cl. The topological polar surface area (TPSA) is 122 Å². The lowest BCUT2D eigenvalue weighted by Gasteiger charge is -2.23. The first-order valence-electron chi connectivity index (χ1n) is 13.8. The highest BCUT2D eigenvalue weighted by atomic mass is 35.5. The summed E-state index contributed by atoms with van der Waals surface area (Å²) in [6, 6.07) is 19.2. The largest absolute Gasteiger partial charge is 0.464 e. The van der Waals surface area contributed by atoms with E-state index in [1.807, 2.05) is 48.7 Å². The summed E-state index contributed by atoms with van der Waals surface area (Å²) in [6.07, 6.45) is 1.33. The molecule has 0 spiro atoms. The van der Waals surface area contributed by atoms with Crippen molar-refractivity contribution in [1.82, 2.24) is 15.6 Å². The molecule has 43 heavy (non-hydrogen) atoms. The molecule has 9 nitrogen and oxygen atoms in total. The van der Waals surface area contributed by atoms with Crippen molar-refractivity contribution in [2.75, 3.05) is 18.5 Å². The number of carbonyl (C=O) groups is 3. The Morgan fingerprint density at radius 2 is 1.60 bits per heavy atom. The van der Waals surface area contributed by atoms with Gasteiger partial charge in [-0.15, -0.1) is 0 Å². The second kappa shape index (κ2) is 14.3. The van der Waals surface area contributed by atoms with Gasteiger partial charge in [0.05, 0.1) is 28.7 Å². The minimum Gasteiger partial charge on any atom is -0.464 e. The van der Waals surface area contributed by atoms with Crippen LogP contribution >= 0.6 is 23.2 Å². The molecule has 0 fully saturated rings. The van der Waals surface area contributed by atoms with Crippen LogP contribution in [0.25, 0.3) is 10.9 Å². The third-order valence-corrected chi connectivity index (χ3v) is 6.98. The van der Waals surface area contributed by atoms with Crippen molar-refractivity contribution in [1.29, 1.82) is 0 Å². The van der Waals surface area contributed by atoms with Crippen LogP contribution in [0.2, 0.25) is 10.0 Å². The van der Waals surface area contributed by atoms with Gasteiger partial charge in [0.25, 0.3) is 0 Å². The van der Waals surface area contributed by atoms with E-state index in [0.717, 1.165) is 16.5 Å². The highest BCUT2D eigenvalue weighted by molar-refractivity contribution is 6.39. The van der Waals surface area contributed by atoms with Crippen LogP contribution in [-0.2, 0) is 31.9 Å². The standard InChI is InChI=1S/C32H34Cl2N4O5/c1-32(2,3)43-31(41)38-27(17-21-19-36-26-14-7-5-10-22(21)26)30(40)35-15-16-42-28(39)18-20-9-4-6-13-25(20)37-29-23(33)11-8-12-24(29)34/h4-14,19,27,36-37H,15-18H2,1-3H3,(H,35,40)(H,38,41)/t27-/m0/s1. The molecule has 0 unspecified atom stereocenters. The van der Waals surface area contributed by atoms with Crippen molar-refractivity contribution < 1.29 is 23.9 Å². The Morgan fingerprint density at radius 1 is 0.907 bits per heavy atom. The lowest BCUT2D eigenvalue weighted by atomic mass is 10.0. The van der Waals surface area contributed by atoms with Gasteiger partial charge in [-0.25, -0.2) is 4.79 Å². The number of amides is 2. The number of fused-ring (bicyclic) bond motifs is 1. The molecule has 0 aliphatic heterocycles. The molecular weight excluding hydrogens is 591 g/mol. The smallest absolute Gasteiger partial charge is 0.408 e. The van der Waals surface area contributed by atoms with Crippen molar-refractivity contribution in [2.45, 2.75) is 45.3 Å². The molecule has 4 N–H and O–H groups in total. The number of rotatable bonds is 11. The Kier molecular flexibility index (Phi) is 10.6. The fourth-order valence-electron chi connectivity index (χ4n) is 4.40. The Balaban J connectivity index is 1.33. The molecule has 0 aliphatic rings. The molecule has 1 aromatic heterocycles. The molecule has 4 aromatic rings. The van der Waals surface area contributed by atoms with E-state index in [9.17, 15) is 14.4 Å². The Hall–Kier alpha value is -4.21. The van der Waals surface area contributed by atoms with Gasteiger partial charge in [0.2, 0.25) is 5.91 Å². The van der Waals surface area contributed by atoms with Gasteiger partial charge in [-0.3, -0.25) is 9.59 Å².